The van der Waals surface area contributed by atoms with Gasteiger partial charge in [-0.25, -0.2) is 13.8 Å². The van der Waals surface area contributed by atoms with Gasteiger partial charge in [-0.05, 0) is 63.6 Å². The highest BCUT2D eigenvalue weighted by Gasteiger charge is 2.35. The zero-order valence-corrected chi connectivity index (χ0v) is 18.3. The Morgan fingerprint density at radius 2 is 2.00 bits per heavy atom. The molecule has 0 unspecified atom stereocenters. The van der Waals surface area contributed by atoms with Crippen molar-refractivity contribution in [3.8, 4) is 5.75 Å². The van der Waals surface area contributed by atoms with Gasteiger partial charge in [0.2, 0.25) is 0 Å². The molecule has 1 saturated heterocycles. The molecule has 166 valence electrons. The van der Waals surface area contributed by atoms with Crippen molar-refractivity contribution in [2.24, 2.45) is 5.92 Å². The molecule has 10 heteroatoms. The Labute approximate surface area is 177 Å². The van der Waals surface area contributed by atoms with Gasteiger partial charge >= 0.3 is 16.3 Å². The predicted octanol–water partition coefficient (Wildman–Crippen LogP) is 2.20. The summed E-state index contributed by atoms with van der Waals surface area (Å²) in [6.45, 7) is 5.09. The molecule has 2 fully saturated rings. The molecular formula is C20H29N3O6S. The largest absolute Gasteiger partial charge is 0.506 e. The van der Waals surface area contributed by atoms with E-state index in [9.17, 15) is 23.1 Å². The van der Waals surface area contributed by atoms with E-state index in [4.69, 9.17) is 4.74 Å². The molecule has 1 aromatic carbocycles. The second kappa shape index (κ2) is 8.33. The maximum absolute atomic E-state index is 12.2. The van der Waals surface area contributed by atoms with Crippen LogP contribution >= 0.6 is 0 Å². The van der Waals surface area contributed by atoms with Crippen molar-refractivity contribution >= 4 is 27.9 Å². The summed E-state index contributed by atoms with van der Waals surface area (Å²) in [7, 11) is -3.98. The fraction of sp³-hybridized carbons (Fsp3) is 0.600. The molecule has 3 rings (SSSR count). The van der Waals surface area contributed by atoms with Crippen LogP contribution in [0.4, 0.5) is 10.5 Å². The normalized spacial score (nSPS) is 23.7. The number of carbonyl (C=O) groups excluding carboxylic acids is 2. The molecule has 0 radical (unpaired) electrons. The summed E-state index contributed by atoms with van der Waals surface area (Å²) in [5.74, 6) is -0.674. The van der Waals surface area contributed by atoms with Gasteiger partial charge in [0, 0.05) is 6.04 Å². The van der Waals surface area contributed by atoms with Crippen LogP contribution in [0.5, 0.6) is 5.75 Å². The molecule has 1 aliphatic carbocycles. The van der Waals surface area contributed by atoms with Crippen LogP contribution in [-0.2, 0) is 26.2 Å². The molecule has 1 heterocycles. The van der Waals surface area contributed by atoms with Gasteiger partial charge in [0.15, 0.2) is 0 Å². The smallest absolute Gasteiger partial charge is 0.407 e. The zero-order chi connectivity index (χ0) is 22.1. The lowest BCUT2D eigenvalue weighted by Crippen LogP contribution is -2.45. The van der Waals surface area contributed by atoms with Crippen LogP contribution in [0.3, 0.4) is 0 Å². The molecule has 2 atom stereocenters. The summed E-state index contributed by atoms with van der Waals surface area (Å²) in [6.07, 6.45) is 4.05. The first kappa shape index (κ1) is 22.2. The number of hydrogen-bond donors (Lipinski definition) is 3. The van der Waals surface area contributed by atoms with Crippen molar-refractivity contribution in [3.63, 3.8) is 0 Å². The van der Waals surface area contributed by atoms with Crippen molar-refractivity contribution < 1.29 is 27.9 Å². The summed E-state index contributed by atoms with van der Waals surface area (Å²) >= 11 is 0. The average molecular weight is 440 g/mol. The molecule has 1 aromatic rings. The highest BCUT2D eigenvalue weighted by Crippen LogP contribution is 2.34. The first-order valence-corrected chi connectivity index (χ1v) is 11.5. The third kappa shape index (κ3) is 5.35. The number of carbonyl (C=O) groups is 2. The van der Waals surface area contributed by atoms with Crippen LogP contribution in [0, 0.1) is 5.92 Å². The highest BCUT2D eigenvalue weighted by molar-refractivity contribution is 7.92. The van der Waals surface area contributed by atoms with E-state index in [1.165, 1.54) is 12.1 Å². The minimum Gasteiger partial charge on any atom is -0.506 e. The van der Waals surface area contributed by atoms with E-state index in [1.54, 1.807) is 6.07 Å². The number of benzene rings is 1. The third-order valence-corrected chi connectivity index (χ3v) is 6.63. The first-order chi connectivity index (χ1) is 13.9. The summed E-state index contributed by atoms with van der Waals surface area (Å²) in [5.41, 5.74) is 0.321. The number of phenols is 1. The summed E-state index contributed by atoms with van der Waals surface area (Å²) in [6, 6.07) is 4.73. The van der Waals surface area contributed by atoms with Crippen LogP contribution < -0.4 is 14.3 Å². The Bertz CT molecular complexity index is 925. The number of anilines is 1. The quantitative estimate of drug-likeness (QED) is 0.660. The molecule has 3 N–H and O–H groups in total. The number of rotatable bonds is 4. The number of nitrogens with one attached hydrogen (secondary N) is 2. The first-order valence-electron chi connectivity index (χ1n) is 10.1. The minimum atomic E-state index is -3.98. The number of alkyl carbamates (subject to hydrolysis) is 1. The second-order valence-corrected chi connectivity index (χ2v) is 10.5. The lowest BCUT2D eigenvalue weighted by molar-refractivity contribution is -0.117. The van der Waals surface area contributed by atoms with E-state index in [0.29, 0.717) is 6.42 Å². The molecule has 9 nitrogen and oxygen atoms in total. The average Bonchev–Trinajstić information content (AvgIpc) is 2.87. The Morgan fingerprint density at radius 1 is 1.30 bits per heavy atom. The standard InChI is InChI=1S/C20H29N3O6S/c1-20(2,3)29-19(26)21-15-7-5-4-6-14(15)10-13-8-9-16(17(24)11-13)23-12-18(25)22-30(23,27)28/h8-9,11,14-15,24H,4-7,10,12H2,1-3H3,(H,21,26)(H,22,25)/t14-,15+/m0/s1. The van der Waals surface area contributed by atoms with E-state index in [2.05, 4.69) is 5.32 Å². The van der Waals surface area contributed by atoms with Crippen LogP contribution in [0.25, 0.3) is 0 Å². The van der Waals surface area contributed by atoms with E-state index < -0.39 is 27.8 Å². The van der Waals surface area contributed by atoms with Gasteiger partial charge in [0.25, 0.3) is 5.91 Å². The van der Waals surface area contributed by atoms with Gasteiger partial charge < -0.3 is 15.2 Å². The van der Waals surface area contributed by atoms with Crippen LogP contribution in [0.1, 0.15) is 52.0 Å². The van der Waals surface area contributed by atoms with E-state index in [0.717, 1.165) is 35.6 Å². The van der Waals surface area contributed by atoms with Crippen LogP contribution in [-0.4, -0.2) is 43.7 Å². The summed E-state index contributed by atoms with van der Waals surface area (Å²) in [4.78, 5) is 23.6. The SMILES string of the molecule is CC(C)(C)OC(=O)N[C@@H]1CCCC[C@H]1Cc1ccc(N2CC(=O)NS2(=O)=O)c(O)c1. The number of amides is 2. The molecular weight excluding hydrogens is 410 g/mol. The van der Waals surface area contributed by atoms with Crippen molar-refractivity contribution in [2.75, 3.05) is 10.8 Å². The maximum atomic E-state index is 12.2. The molecule has 2 amide bonds. The fourth-order valence-electron chi connectivity index (χ4n) is 3.97. The van der Waals surface area contributed by atoms with Crippen molar-refractivity contribution in [1.82, 2.24) is 10.0 Å². The number of nitrogens with zero attached hydrogens (tertiary/aromatic N) is 1. The fourth-order valence-corrected chi connectivity index (χ4v) is 5.13. The van der Waals surface area contributed by atoms with Gasteiger partial charge in [-0.15, -0.1) is 0 Å². The molecule has 1 saturated carbocycles. The third-order valence-electron chi connectivity index (χ3n) is 5.24. The van der Waals surface area contributed by atoms with Gasteiger partial charge in [-0.1, -0.05) is 18.9 Å². The van der Waals surface area contributed by atoms with Crippen molar-refractivity contribution in [2.45, 2.75) is 64.5 Å². The highest BCUT2D eigenvalue weighted by atomic mass is 32.2. The Kier molecular flexibility index (Phi) is 6.16. The lowest BCUT2D eigenvalue weighted by atomic mass is 9.80. The van der Waals surface area contributed by atoms with E-state index >= 15 is 0 Å². The lowest BCUT2D eigenvalue weighted by Gasteiger charge is -2.33. The summed E-state index contributed by atoms with van der Waals surface area (Å²) in [5, 5.41) is 13.4. The molecule has 30 heavy (non-hydrogen) atoms. The molecule has 2 aliphatic rings. The van der Waals surface area contributed by atoms with E-state index in [-0.39, 0.29) is 29.9 Å². The molecule has 1 aliphatic heterocycles. The van der Waals surface area contributed by atoms with Crippen molar-refractivity contribution in [1.29, 1.82) is 0 Å². The summed E-state index contributed by atoms with van der Waals surface area (Å²) < 4.78 is 32.1. The number of phenolic OH excluding ortho intramolecular Hbond substituents is 1. The van der Waals surface area contributed by atoms with Gasteiger partial charge in [0.1, 0.15) is 17.9 Å². The van der Waals surface area contributed by atoms with Crippen molar-refractivity contribution in [3.05, 3.63) is 23.8 Å². The topological polar surface area (TPSA) is 125 Å². The Balaban J connectivity index is 1.71. The number of hydrogen-bond acceptors (Lipinski definition) is 6. The van der Waals surface area contributed by atoms with Gasteiger partial charge in [-0.2, -0.15) is 8.42 Å². The Hall–Kier alpha value is -2.49. The molecule has 0 aromatic heterocycles. The minimum absolute atomic E-state index is 0.0313. The maximum Gasteiger partial charge on any atom is 0.407 e. The zero-order valence-electron chi connectivity index (χ0n) is 17.5. The molecule has 0 spiro atoms. The Morgan fingerprint density at radius 3 is 2.60 bits per heavy atom. The van der Waals surface area contributed by atoms with E-state index in [1.807, 2.05) is 25.5 Å². The number of aromatic hydroxyl groups is 1. The van der Waals surface area contributed by atoms with Crippen LogP contribution in [0.15, 0.2) is 18.2 Å². The predicted molar refractivity (Wildman–Crippen MR) is 111 cm³/mol. The monoisotopic (exact) mass is 439 g/mol. The van der Waals surface area contributed by atoms with Gasteiger partial charge in [0.05, 0.1) is 5.69 Å². The number of ether oxygens (including phenoxy) is 1. The molecule has 0 bridgehead atoms. The van der Waals surface area contributed by atoms with Crippen LogP contribution in [0.2, 0.25) is 0 Å². The van der Waals surface area contributed by atoms with Gasteiger partial charge in [-0.3, -0.25) is 4.79 Å². The second-order valence-electron chi connectivity index (χ2n) is 8.86.